The Morgan fingerprint density at radius 2 is 1.67 bits per heavy atom. The maximum Gasteiger partial charge on any atom is 0.335 e. The number of carboxylic acids is 1. The molecule has 0 atom stereocenters. The number of aromatic carboxylic acids is 1. The molecule has 0 saturated carbocycles. The molecule has 1 aliphatic rings. The molecule has 21 heavy (non-hydrogen) atoms. The molecule has 1 aromatic heterocycles. The lowest BCUT2D eigenvalue weighted by Gasteiger charge is -2.28. The Kier molecular flexibility index (Phi) is 4.86. The van der Waals surface area contributed by atoms with E-state index in [-0.39, 0.29) is 5.41 Å². The fraction of sp³-hybridized carbons (Fsp3) is 0.647. The van der Waals surface area contributed by atoms with Crippen molar-refractivity contribution < 1.29 is 9.90 Å². The summed E-state index contributed by atoms with van der Waals surface area (Å²) in [7, 11) is 0. The van der Waals surface area contributed by atoms with Crippen LogP contribution in [0.4, 0.5) is 5.82 Å². The number of carboxylic acid groups (broad SMARTS) is 1. The minimum absolute atomic E-state index is 0.150. The number of nitrogens with zero attached hydrogens (tertiary/aromatic N) is 2. The molecule has 4 nitrogen and oxygen atoms in total. The van der Waals surface area contributed by atoms with Gasteiger partial charge in [-0.15, -0.1) is 0 Å². The molecule has 2 heterocycles. The van der Waals surface area contributed by atoms with Gasteiger partial charge in [0.05, 0.1) is 5.56 Å². The Morgan fingerprint density at radius 3 is 2.19 bits per heavy atom. The van der Waals surface area contributed by atoms with Crippen molar-refractivity contribution in [3.8, 4) is 0 Å². The summed E-state index contributed by atoms with van der Waals surface area (Å²) in [5.74, 6) is -0.0575. The van der Waals surface area contributed by atoms with E-state index in [0.29, 0.717) is 5.56 Å². The molecule has 1 N–H and O–H groups in total. The second kappa shape index (κ2) is 6.46. The lowest BCUT2D eigenvalue weighted by Crippen LogP contribution is -2.29. The monoisotopic (exact) mass is 290 g/mol. The van der Waals surface area contributed by atoms with Crippen LogP contribution in [0.3, 0.4) is 0 Å². The van der Waals surface area contributed by atoms with E-state index in [0.717, 1.165) is 37.4 Å². The van der Waals surface area contributed by atoms with Gasteiger partial charge < -0.3 is 10.0 Å². The SMILES string of the molecule is CC(C)(C)c1cc(C(=O)O)cc(N2CCCCCCC2)n1. The molecule has 1 aromatic rings. The Balaban J connectivity index is 2.36. The largest absolute Gasteiger partial charge is 0.478 e. The summed E-state index contributed by atoms with van der Waals surface area (Å²) in [4.78, 5) is 18.4. The first kappa shape index (κ1) is 15.8. The quantitative estimate of drug-likeness (QED) is 0.899. The first-order valence-corrected chi connectivity index (χ1v) is 7.89. The summed E-state index contributed by atoms with van der Waals surface area (Å²) in [5.41, 5.74) is 1.04. The molecule has 1 aliphatic heterocycles. The Labute approximate surface area is 127 Å². The molecule has 4 heteroatoms. The zero-order valence-corrected chi connectivity index (χ0v) is 13.4. The molecule has 0 bridgehead atoms. The van der Waals surface area contributed by atoms with Crippen molar-refractivity contribution in [2.75, 3.05) is 18.0 Å². The van der Waals surface area contributed by atoms with Crippen molar-refractivity contribution in [3.63, 3.8) is 0 Å². The first-order valence-electron chi connectivity index (χ1n) is 7.89. The number of aromatic nitrogens is 1. The predicted molar refractivity (Wildman–Crippen MR) is 85.2 cm³/mol. The van der Waals surface area contributed by atoms with E-state index in [1.165, 1.54) is 19.3 Å². The number of carbonyl (C=O) groups is 1. The van der Waals surface area contributed by atoms with Gasteiger partial charge in [-0.25, -0.2) is 9.78 Å². The molecule has 1 fully saturated rings. The van der Waals surface area contributed by atoms with Crippen molar-refractivity contribution in [1.29, 1.82) is 0 Å². The Morgan fingerprint density at radius 1 is 1.10 bits per heavy atom. The van der Waals surface area contributed by atoms with Crippen LogP contribution in [0, 0.1) is 0 Å². The van der Waals surface area contributed by atoms with Gasteiger partial charge in [0, 0.05) is 24.2 Å². The minimum atomic E-state index is -0.879. The van der Waals surface area contributed by atoms with Crippen LogP contribution in [0.2, 0.25) is 0 Å². The smallest absolute Gasteiger partial charge is 0.335 e. The third kappa shape index (κ3) is 4.19. The molecule has 0 radical (unpaired) electrons. The lowest BCUT2D eigenvalue weighted by molar-refractivity contribution is 0.0696. The topological polar surface area (TPSA) is 53.4 Å². The first-order chi connectivity index (χ1) is 9.88. The van der Waals surface area contributed by atoms with Gasteiger partial charge in [0.2, 0.25) is 0 Å². The van der Waals surface area contributed by atoms with Crippen molar-refractivity contribution in [1.82, 2.24) is 4.98 Å². The van der Waals surface area contributed by atoms with Crippen molar-refractivity contribution in [2.45, 2.75) is 58.3 Å². The molecule has 116 valence electrons. The predicted octanol–water partition coefficient (Wildman–Crippen LogP) is 3.85. The fourth-order valence-electron chi connectivity index (χ4n) is 2.66. The van der Waals surface area contributed by atoms with E-state index in [9.17, 15) is 9.90 Å². The van der Waals surface area contributed by atoms with Gasteiger partial charge in [0.25, 0.3) is 0 Å². The van der Waals surface area contributed by atoms with Crippen LogP contribution >= 0.6 is 0 Å². The molecule has 0 spiro atoms. The van der Waals surface area contributed by atoms with Crippen molar-refractivity contribution >= 4 is 11.8 Å². The molecular weight excluding hydrogens is 264 g/mol. The average Bonchev–Trinajstić information content (AvgIpc) is 2.36. The van der Waals surface area contributed by atoms with E-state index in [4.69, 9.17) is 4.98 Å². The molecule has 0 aliphatic carbocycles. The van der Waals surface area contributed by atoms with E-state index >= 15 is 0 Å². The Bertz CT molecular complexity index is 498. The highest BCUT2D eigenvalue weighted by molar-refractivity contribution is 5.88. The number of pyridine rings is 1. The highest BCUT2D eigenvalue weighted by atomic mass is 16.4. The van der Waals surface area contributed by atoms with Gasteiger partial charge in [0.1, 0.15) is 5.82 Å². The highest BCUT2D eigenvalue weighted by Gasteiger charge is 2.21. The van der Waals surface area contributed by atoms with Gasteiger partial charge in [-0.2, -0.15) is 0 Å². The maximum absolute atomic E-state index is 11.4. The molecular formula is C17H26N2O2. The maximum atomic E-state index is 11.4. The summed E-state index contributed by atoms with van der Waals surface area (Å²) in [6, 6.07) is 3.43. The lowest BCUT2D eigenvalue weighted by atomic mass is 9.90. The standard InChI is InChI=1S/C17H26N2O2/c1-17(2,3)14-11-13(16(20)21)12-15(18-14)19-9-7-5-4-6-8-10-19/h11-12H,4-10H2,1-3H3,(H,20,21). The minimum Gasteiger partial charge on any atom is -0.478 e. The third-order valence-electron chi connectivity index (χ3n) is 4.01. The zero-order valence-electron chi connectivity index (χ0n) is 13.4. The van der Waals surface area contributed by atoms with E-state index in [1.807, 2.05) is 0 Å². The normalized spacial score (nSPS) is 17.2. The summed E-state index contributed by atoms with van der Waals surface area (Å²) < 4.78 is 0. The molecule has 1 saturated heterocycles. The average molecular weight is 290 g/mol. The second-order valence-corrected chi connectivity index (χ2v) is 6.91. The van der Waals surface area contributed by atoms with Gasteiger partial charge >= 0.3 is 5.97 Å². The molecule has 0 amide bonds. The van der Waals surface area contributed by atoms with Crippen LogP contribution in [-0.4, -0.2) is 29.1 Å². The summed E-state index contributed by atoms with van der Waals surface area (Å²) in [6.45, 7) is 8.15. The molecule has 0 aromatic carbocycles. The number of hydrogen-bond acceptors (Lipinski definition) is 3. The van der Waals surface area contributed by atoms with Gasteiger partial charge in [-0.3, -0.25) is 0 Å². The number of anilines is 1. The van der Waals surface area contributed by atoms with E-state index in [2.05, 4.69) is 25.7 Å². The van der Waals surface area contributed by atoms with E-state index < -0.39 is 5.97 Å². The van der Waals surface area contributed by atoms with Crippen LogP contribution in [0.1, 0.15) is 68.9 Å². The van der Waals surface area contributed by atoms with Crippen LogP contribution in [-0.2, 0) is 5.41 Å². The second-order valence-electron chi connectivity index (χ2n) is 6.91. The van der Waals surface area contributed by atoms with Gasteiger partial charge in [0.15, 0.2) is 0 Å². The summed E-state index contributed by atoms with van der Waals surface area (Å²) >= 11 is 0. The zero-order chi connectivity index (χ0) is 15.5. The highest BCUT2D eigenvalue weighted by Crippen LogP contribution is 2.26. The Hall–Kier alpha value is -1.58. The summed E-state index contributed by atoms with van der Waals surface area (Å²) in [6.07, 6.45) is 6.12. The van der Waals surface area contributed by atoms with E-state index in [1.54, 1.807) is 12.1 Å². The van der Waals surface area contributed by atoms with Crippen LogP contribution in [0.15, 0.2) is 12.1 Å². The van der Waals surface area contributed by atoms with Gasteiger partial charge in [-0.05, 0) is 25.0 Å². The fourth-order valence-corrected chi connectivity index (χ4v) is 2.66. The number of hydrogen-bond donors (Lipinski definition) is 1. The van der Waals surface area contributed by atoms with Crippen LogP contribution in [0.5, 0.6) is 0 Å². The van der Waals surface area contributed by atoms with Crippen LogP contribution < -0.4 is 4.90 Å². The molecule has 2 rings (SSSR count). The van der Waals surface area contributed by atoms with Gasteiger partial charge in [-0.1, -0.05) is 40.0 Å². The van der Waals surface area contributed by atoms with Crippen molar-refractivity contribution in [3.05, 3.63) is 23.4 Å². The third-order valence-corrected chi connectivity index (χ3v) is 4.01. The van der Waals surface area contributed by atoms with Crippen molar-refractivity contribution in [2.24, 2.45) is 0 Å². The van der Waals surface area contributed by atoms with Crippen LogP contribution in [0.25, 0.3) is 0 Å². The summed E-state index contributed by atoms with van der Waals surface area (Å²) in [5, 5.41) is 9.35. The molecule has 0 unspecified atom stereocenters. The number of rotatable bonds is 2.